The highest BCUT2D eigenvalue weighted by molar-refractivity contribution is 4.89. The first-order valence-corrected chi connectivity index (χ1v) is 4.97. The van der Waals surface area contributed by atoms with Crippen LogP contribution >= 0.6 is 0 Å². The van der Waals surface area contributed by atoms with E-state index in [1.165, 1.54) is 12.8 Å². The Morgan fingerprint density at radius 1 is 1.46 bits per heavy atom. The molecule has 3 nitrogen and oxygen atoms in total. The van der Waals surface area contributed by atoms with Crippen LogP contribution in [0.1, 0.15) is 26.2 Å². The zero-order valence-corrected chi connectivity index (χ0v) is 8.37. The molecule has 0 rings (SSSR count). The Morgan fingerprint density at radius 2 is 2.23 bits per heavy atom. The maximum atomic E-state index is 9.34. The van der Waals surface area contributed by atoms with Gasteiger partial charge >= 0.3 is 0 Å². The van der Waals surface area contributed by atoms with Crippen LogP contribution in [-0.4, -0.2) is 36.0 Å². The fraction of sp³-hybridized carbons (Fsp3) is 0.800. The third-order valence-electron chi connectivity index (χ3n) is 1.72. The van der Waals surface area contributed by atoms with Crippen molar-refractivity contribution in [3.05, 3.63) is 12.2 Å². The van der Waals surface area contributed by atoms with Crippen molar-refractivity contribution in [3.63, 3.8) is 0 Å². The van der Waals surface area contributed by atoms with Gasteiger partial charge in [0.25, 0.3) is 0 Å². The molecule has 3 N–H and O–H groups in total. The highest BCUT2D eigenvalue weighted by atomic mass is 16.3. The third kappa shape index (κ3) is 9.53. The monoisotopic (exact) mass is 187 g/mol. The number of aliphatic hydroxyl groups is 2. The quantitative estimate of drug-likeness (QED) is 0.387. The first-order valence-electron chi connectivity index (χ1n) is 4.97. The fourth-order valence-electron chi connectivity index (χ4n) is 0.972. The van der Waals surface area contributed by atoms with Gasteiger partial charge in [-0.2, -0.15) is 0 Å². The molecular weight excluding hydrogens is 166 g/mol. The number of allylic oxidation sites excluding steroid dienone is 1. The predicted octanol–water partition coefficient (Wildman–Crippen LogP) is 0.676. The molecule has 13 heavy (non-hydrogen) atoms. The number of unbranched alkanes of at least 4 members (excludes halogenated alkanes) is 2. The van der Waals surface area contributed by atoms with Crippen molar-refractivity contribution in [1.82, 2.24) is 5.32 Å². The third-order valence-corrected chi connectivity index (χ3v) is 1.72. The van der Waals surface area contributed by atoms with Crippen molar-refractivity contribution in [3.8, 4) is 0 Å². The molecule has 0 aromatic carbocycles. The topological polar surface area (TPSA) is 52.5 Å². The summed E-state index contributed by atoms with van der Waals surface area (Å²) in [6, 6.07) is 0. The lowest BCUT2D eigenvalue weighted by atomic mass is 10.2. The smallest absolute Gasteiger partial charge is 0.0845 e. The number of hydrogen-bond acceptors (Lipinski definition) is 3. The largest absolute Gasteiger partial charge is 0.395 e. The van der Waals surface area contributed by atoms with Crippen molar-refractivity contribution in [2.75, 3.05) is 19.7 Å². The zero-order chi connectivity index (χ0) is 9.94. The lowest BCUT2D eigenvalue weighted by Gasteiger charge is -2.05. The van der Waals surface area contributed by atoms with E-state index in [0.29, 0.717) is 13.1 Å². The molecule has 0 amide bonds. The van der Waals surface area contributed by atoms with Crippen molar-refractivity contribution >= 4 is 0 Å². The summed E-state index contributed by atoms with van der Waals surface area (Å²) in [6.07, 6.45) is 6.78. The van der Waals surface area contributed by atoms with E-state index >= 15 is 0 Å². The molecule has 0 aromatic rings. The van der Waals surface area contributed by atoms with Crippen molar-refractivity contribution in [2.24, 2.45) is 0 Å². The van der Waals surface area contributed by atoms with Gasteiger partial charge in [0.2, 0.25) is 0 Å². The van der Waals surface area contributed by atoms with Crippen molar-refractivity contribution in [1.29, 1.82) is 0 Å². The highest BCUT2D eigenvalue weighted by Gasteiger charge is 1.95. The Hall–Kier alpha value is -0.380. The first kappa shape index (κ1) is 12.6. The van der Waals surface area contributed by atoms with Gasteiger partial charge in [-0.3, -0.25) is 0 Å². The molecule has 0 saturated carbocycles. The Balaban J connectivity index is 3.27. The van der Waals surface area contributed by atoms with Crippen LogP contribution < -0.4 is 5.32 Å². The standard InChI is InChI=1S/C10H21NO2/c1-2-3-4-5-6-10(13)9-11-7-8-12/h5-6,10-13H,2-4,7-9H2,1H3/b6-5+. The van der Waals surface area contributed by atoms with Gasteiger partial charge in [-0.15, -0.1) is 0 Å². The second-order valence-corrected chi connectivity index (χ2v) is 3.07. The van der Waals surface area contributed by atoms with E-state index in [-0.39, 0.29) is 6.61 Å². The van der Waals surface area contributed by atoms with Gasteiger partial charge in [0.05, 0.1) is 12.7 Å². The summed E-state index contributed by atoms with van der Waals surface area (Å²) in [4.78, 5) is 0. The van der Waals surface area contributed by atoms with Gasteiger partial charge in [-0.25, -0.2) is 0 Å². The summed E-state index contributed by atoms with van der Waals surface area (Å²) in [7, 11) is 0. The summed E-state index contributed by atoms with van der Waals surface area (Å²) in [5.41, 5.74) is 0. The highest BCUT2D eigenvalue weighted by Crippen LogP contribution is 1.96. The minimum absolute atomic E-state index is 0.117. The molecule has 1 atom stereocenters. The summed E-state index contributed by atoms with van der Waals surface area (Å²) >= 11 is 0. The SMILES string of the molecule is CCCC/C=C/C(O)CNCCO. The maximum Gasteiger partial charge on any atom is 0.0845 e. The van der Waals surface area contributed by atoms with E-state index in [9.17, 15) is 5.11 Å². The van der Waals surface area contributed by atoms with E-state index in [1.54, 1.807) is 6.08 Å². The van der Waals surface area contributed by atoms with Crippen LogP contribution in [0.5, 0.6) is 0 Å². The first-order chi connectivity index (χ1) is 6.31. The predicted molar refractivity (Wildman–Crippen MR) is 54.6 cm³/mol. The van der Waals surface area contributed by atoms with Crippen molar-refractivity contribution in [2.45, 2.75) is 32.3 Å². The molecule has 0 spiro atoms. The van der Waals surface area contributed by atoms with Crippen molar-refractivity contribution < 1.29 is 10.2 Å². The minimum atomic E-state index is -0.427. The molecule has 0 heterocycles. The molecule has 3 heteroatoms. The van der Waals surface area contributed by atoms with E-state index in [2.05, 4.69) is 12.2 Å². The molecule has 0 saturated heterocycles. The van der Waals surface area contributed by atoms with Crippen LogP contribution in [0.25, 0.3) is 0 Å². The van der Waals surface area contributed by atoms with Crippen LogP contribution in [0, 0.1) is 0 Å². The number of rotatable bonds is 8. The molecule has 0 bridgehead atoms. The van der Waals surface area contributed by atoms with Crippen LogP contribution in [0.3, 0.4) is 0 Å². The van der Waals surface area contributed by atoms with Gasteiger partial charge in [0.1, 0.15) is 0 Å². The average Bonchev–Trinajstić information content (AvgIpc) is 2.13. The molecule has 1 unspecified atom stereocenters. The van der Waals surface area contributed by atoms with Gasteiger partial charge in [0, 0.05) is 13.1 Å². The van der Waals surface area contributed by atoms with Gasteiger partial charge in [-0.1, -0.05) is 31.9 Å². The fourth-order valence-corrected chi connectivity index (χ4v) is 0.972. The lowest BCUT2D eigenvalue weighted by Crippen LogP contribution is -2.27. The second kappa shape index (κ2) is 9.71. The number of aliphatic hydroxyl groups excluding tert-OH is 2. The summed E-state index contributed by atoms with van der Waals surface area (Å²) in [5.74, 6) is 0. The van der Waals surface area contributed by atoms with E-state index in [4.69, 9.17) is 5.11 Å². The van der Waals surface area contributed by atoms with Crippen LogP contribution in [0.15, 0.2) is 12.2 Å². The Morgan fingerprint density at radius 3 is 2.85 bits per heavy atom. The molecule has 0 aromatic heterocycles. The number of nitrogens with one attached hydrogen (secondary N) is 1. The molecule has 0 aliphatic heterocycles. The maximum absolute atomic E-state index is 9.34. The Bertz CT molecular complexity index is 126. The molecule has 78 valence electrons. The molecule has 0 aliphatic carbocycles. The Kier molecular flexibility index (Phi) is 9.42. The van der Waals surface area contributed by atoms with E-state index in [0.717, 1.165) is 6.42 Å². The minimum Gasteiger partial charge on any atom is -0.395 e. The normalized spacial score (nSPS) is 13.8. The lowest BCUT2D eigenvalue weighted by molar-refractivity contribution is 0.211. The zero-order valence-electron chi connectivity index (χ0n) is 8.37. The van der Waals surface area contributed by atoms with E-state index in [1.807, 2.05) is 6.08 Å². The van der Waals surface area contributed by atoms with Crippen LogP contribution in [0.2, 0.25) is 0 Å². The van der Waals surface area contributed by atoms with Gasteiger partial charge in [0.15, 0.2) is 0 Å². The molecule has 0 aliphatic rings. The second-order valence-electron chi connectivity index (χ2n) is 3.07. The molecular formula is C10H21NO2. The average molecular weight is 187 g/mol. The van der Waals surface area contributed by atoms with Gasteiger partial charge < -0.3 is 15.5 Å². The molecule has 0 radical (unpaired) electrons. The Labute approximate surface area is 80.5 Å². The summed E-state index contributed by atoms with van der Waals surface area (Å²) < 4.78 is 0. The summed E-state index contributed by atoms with van der Waals surface area (Å²) in [6.45, 7) is 3.32. The van der Waals surface area contributed by atoms with Crippen LogP contribution in [0.4, 0.5) is 0 Å². The van der Waals surface area contributed by atoms with E-state index < -0.39 is 6.10 Å². The number of hydrogen-bond donors (Lipinski definition) is 3. The summed E-state index contributed by atoms with van der Waals surface area (Å²) in [5, 5.41) is 20.7. The molecule has 0 fully saturated rings. The van der Waals surface area contributed by atoms with Gasteiger partial charge in [-0.05, 0) is 6.42 Å². The van der Waals surface area contributed by atoms with Crippen LogP contribution in [-0.2, 0) is 0 Å².